The number of amides is 2. The lowest BCUT2D eigenvalue weighted by Gasteiger charge is -2.30. The van der Waals surface area contributed by atoms with Crippen molar-refractivity contribution in [1.82, 2.24) is 20.6 Å². The van der Waals surface area contributed by atoms with Gasteiger partial charge in [0.1, 0.15) is 0 Å². The zero-order valence-electron chi connectivity index (χ0n) is 17.7. The standard InChI is InChI=1S/C23H28N4O5/c28-19-18(26-23(32)27-22(19)31)21(30)25-17-11-8-15(12-17)20(29)24-16-9-6-14(7-10-16)13-4-2-1-3-5-13/h1-5,14-17,28H,6-12H2,(H,24,29)(H,25,30)(H2,26,27,31,32)/t14-,15-,16-,17?/m1/s1. The molecule has 0 radical (unpaired) electrons. The van der Waals surface area contributed by atoms with Gasteiger partial charge in [-0.2, -0.15) is 0 Å². The fourth-order valence-corrected chi connectivity index (χ4v) is 4.87. The van der Waals surface area contributed by atoms with Crippen LogP contribution in [0.3, 0.4) is 0 Å². The van der Waals surface area contributed by atoms with Crippen LogP contribution in [0, 0.1) is 5.92 Å². The van der Waals surface area contributed by atoms with Crippen molar-refractivity contribution in [3.8, 4) is 5.75 Å². The van der Waals surface area contributed by atoms with Gasteiger partial charge in [0.2, 0.25) is 11.7 Å². The molecule has 1 aromatic heterocycles. The molecule has 2 amide bonds. The molecule has 9 heteroatoms. The first-order valence-electron chi connectivity index (χ1n) is 11.1. The van der Waals surface area contributed by atoms with Gasteiger partial charge in [-0.1, -0.05) is 30.3 Å². The number of rotatable bonds is 5. The summed E-state index contributed by atoms with van der Waals surface area (Å²) in [7, 11) is 0. The molecule has 32 heavy (non-hydrogen) atoms. The average molecular weight is 441 g/mol. The molecule has 2 aromatic rings. The van der Waals surface area contributed by atoms with Crippen molar-refractivity contribution in [2.75, 3.05) is 0 Å². The Kier molecular flexibility index (Phi) is 6.43. The number of carbonyl (C=O) groups is 2. The molecule has 2 aliphatic rings. The Bertz CT molecular complexity index is 1090. The molecule has 0 spiro atoms. The maximum Gasteiger partial charge on any atom is 0.326 e. The smallest absolute Gasteiger partial charge is 0.326 e. The zero-order chi connectivity index (χ0) is 22.7. The number of aromatic amines is 2. The molecule has 9 nitrogen and oxygen atoms in total. The summed E-state index contributed by atoms with van der Waals surface area (Å²) in [6, 6.07) is 10.4. The van der Waals surface area contributed by atoms with Gasteiger partial charge in [0, 0.05) is 18.0 Å². The van der Waals surface area contributed by atoms with E-state index in [4.69, 9.17) is 0 Å². The van der Waals surface area contributed by atoms with Crippen LogP contribution in [0.15, 0.2) is 39.9 Å². The summed E-state index contributed by atoms with van der Waals surface area (Å²) in [6.45, 7) is 0. The van der Waals surface area contributed by atoms with Crippen molar-refractivity contribution in [1.29, 1.82) is 0 Å². The summed E-state index contributed by atoms with van der Waals surface area (Å²) in [6.07, 6.45) is 5.74. The molecule has 1 unspecified atom stereocenters. The van der Waals surface area contributed by atoms with Crippen molar-refractivity contribution in [2.45, 2.75) is 62.9 Å². The highest BCUT2D eigenvalue weighted by molar-refractivity contribution is 5.94. The zero-order valence-corrected chi connectivity index (χ0v) is 17.7. The second-order valence-corrected chi connectivity index (χ2v) is 8.78. The Morgan fingerprint density at radius 2 is 1.56 bits per heavy atom. The van der Waals surface area contributed by atoms with Gasteiger partial charge in [0.25, 0.3) is 11.5 Å². The topological polar surface area (TPSA) is 144 Å². The highest BCUT2D eigenvalue weighted by atomic mass is 16.3. The Morgan fingerprint density at radius 3 is 2.28 bits per heavy atom. The van der Waals surface area contributed by atoms with Crippen LogP contribution in [0.1, 0.15) is 66.9 Å². The highest BCUT2D eigenvalue weighted by Gasteiger charge is 2.33. The second-order valence-electron chi connectivity index (χ2n) is 8.78. The predicted octanol–water partition coefficient (Wildman–Crippen LogP) is 1.51. The molecular formula is C23H28N4O5. The number of aromatic hydroxyl groups is 1. The van der Waals surface area contributed by atoms with Gasteiger partial charge in [0.05, 0.1) is 0 Å². The van der Waals surface area contributed by atoms with Crippen LogP contribution < -0.4 is 21.9 Å². The van der Waals surface area contributed by atoms with Crippen molar-refractivity contribution in [2.24, 2.45) is 5.92 Å². The Hall–Kier alpha value is -3.36. The lowest BCUT2D eigenvalue weighted by atomic mass is 9.81. The fraction of sp³-hybridized carbons (Fsp3) is 0.478. The third kappa shape index (κ3) is 4.92. The van der Waals surface area contributed by atoms with Crippen LogP contribution in [0.5, 0.6) is 5.75 Å². The van der Waals surface area contributed by atoms with Crippen LogP contribution in [0.2, 0.25) is 0 Å². The van der Waals surface area contributed by atoms with Gasteiger partial charge in [-0.3, -0.25) is 24.4 Å². The lowest BCUT2D eigenvalue weighted by molar-refractivity contribution is -0.125. The van der Waals surface area contributed by atoms with Crippen LogP contribution in [-0.4, -0.2) is 39.0 Å². The van der Waals surface area contributed by atoms with E-state index >= 15 is 0 Å². The quantitative estimate of drug-likeness (QED) is 0.479. The van der Waals surface area contributed by atoms with E-state index in [9.17, 15) is 24.3 Å². The minimum Gasteiger partial charge on any atom is -0.501 e. The molecule has 2 atom stereocenters. The number of H-pyrrole nitrogens is 2. The van der Waals surface area contributed by atoms with Crippen molar-refractivity contribution in [3.05, 3.63) is 62.4 Å². The molecule has 1 heterocycles. The molecule has 0 saturated heterocycles. The van der Waals surface area contributed by atoms with Crippen LogP contribution in [0.4, 0.5) is 0 Å². The maximum atomic E-state index is 12.8. The van der Waals surface area contributed by atoms with Gasteiger partial charge >= 0.3 is 5.69 Å². The SMILES string of the molecule is O=C(NC1CC[C@@H](C(=O)N[C@H]2CC[C@H](c3ccccc3)CC2)C1)c1[nH]c(=O)[nH]c(=O)c1O. The molecular weight excluding hydrogens is 412 g/mol. The minimum atomic E-state index is -1.02. The number of benzene rings is 1. The number of nitrogens with one attached hydrogen (secondary N) is 4. The van der Waals surface area contributed by atoms with E-state index in [1.54, 1.807) is 0 Å². The predicted molar refractivity (Wildman–Crippen MR) is 118 cm³/mol. The van der Waals surface area contributed by atoms with Gasteiger partial charge in [-0.15, -0.1) is 0 Å². The van der Waals surface area contributed by atoms with Gasteiger partial charge in [-0.05, 0) is 56.4 Å². The summed E-state index contributed by atoms with van der Waals surface area (Å²) in [5.41, 5.74) is -1.01. The van der Waals surface area contributed by atoms with E-state index in [-0.39, 0.29) is 23.9 Å². The third-order valence-electron chi connectivity index (χ3n) is 6.63. The van der Waals surface area contributed by atoms with E-state index in [1.807, 2.05) is 11.1 Å². The fourth-order valence-electron chi connectivity index (χ4n) is 4.87. The number of hydrogen-bond donors (Lipinski definition) is 5. The van der Waals surface area contributed by atoms with E-state index in [1.165, 1.54) is 5.56 Å². The molecule has 2 aliphatic carbocycles. The van der Waals surface area contributed by atoms with Crippen LogP contribution in [0.25, 0.3) is 0 Å². The molecule has 0 aliphatic heterocycles. The van der Waals surface area contributed by atoms with Crippen LogP contribution >= 0.6 is 0 Å². The summed E-state index contributed by atoms with van der Waals surface area (Å²) in [5, 5.41) is 15.6. The normalized spacial score (nSPS) is 25.2. The number of carbonyl (C=O) groups excluding carboxylic acids is 2. The number of hydrogen-bond acceptors (Lipinski definition) is 5. The lowest BCUT2D eigenvalue weighted by Crippen LogP contribution is -2.41. The van der Waals surface area contributed by atoms with E-state index in [0.717, 1.165) is 25.7 Å². The number of aromatic nitrogens is 2. The average Bonchev–Trinajstić information content (AvgIpc) is 3.26. The van der Waals surface area contributed by atoms with Gasteiger partial charge in [0.15, 0.2) is 5.69 Å². The first kappa shape index (κ1) is 21.9. The largest absolute Gasteiger partial charge is 0.501 e. The van der Waals surface area contributed by atoms with Crippen LogP contribution in [-0.2, 0) is 4.79 Å². The molecule has 0 bridgehead atoms. The molecule has 2 fully saturated rings. The van der Waals surface area contributed by atoms with Gasteiger partial charge in [-0.25, -0.2) is 4.79 Å². The Labute approximate surface area is 184 Å². The summed E-state index contributed by atoms with van der Waals surface area (Å²) < 4.78 is 0. The summed E-state index contributed by atoms with van der Waals surface area (Å²) in [5.74, 6) is -1.21. The van der Waals surface area contributed by atoms with E-state index < -0.39 is 28.6 Å². The van der Waals surface area contributed by atoms with Crippen molar-refractivity contribution >= 4 is 11.8 Å². The molecule has 170 valence electrons. The Morgan fingerprint density at radius 1 is 0.875 bits per heavy atom. The third-order valence-corrected chi connectivity index (χ3v) is 6.63. The van der Waals surface area contributed by atoms with Crippen molar-refractivity contribution < 1.29 is 14.7 Å². The monoisotopic (exact) mass is 440 g/mol. The first-order valence-corrected chi connectivity index (χ1v) is 11.1. The first-order chi connectivity index (χ1) is 15.4. The van der Waals surface area contributed by atoms with Crippen molar-refractivity contribution in [3.63, 3.8) is 0 Å². The Balaban J connectivity index is 1.26. The van der Waals surface area contributed by atoms with E-state index in [2.05, 4.69) is 39.9 Å². The summed E-state index contributed by atoms with van der Waals surface area (Å²) in [4.78, 5) is 52.0. The summed E-state index contributed by atoms with van der Waals surface area (Å²) >= 11 is 0. The molecule has 5 N–H and O–H groups in total. The van der Waals surface area contributed by atoms with E-state index in [0.29, 0.717) is 25.2 Å². The molecule has 2 saturated carbocycles. The minimum absolute atomic E-state index is 0.0114. The highest BCUT2D eigenvalue weighted by Crippen LogP contribution is 2.33. The molecule has 4 rings (SSSR count). The molecule has 1 aromatic carbocycles. The van der Waals surface area contributed by atoms with Gasteiger partial charge < -0.3 is 15.7 Å². The maximum absolute atomic E-state index is 12.8. The second kappa shape index (κ2) is 9.42.